The number of ether oxygens (including phenoxy) is 1. The summed E-state index contributed by atoms with van der Waals surface area (Å²) in [6, 6.07) is 18.1. The van der Waals surface area contributed by atoms with Gasteiger partial charge < -0.3 is 19.6 Å². The molecule has 0 bridgehead atoms. The fraction of sp³-hybridized carbons (Fsp3) is 0.217. The van der Waals surface area contributed by atoms with Gasteiger partial charge in [-0.15, -0.1) is 0 Å². The van der Waals surface area contributed by atoms with Crippen LogP contribution < -0.4 is 9.64 Å². The number of benzene rings is 2. The number of phenolic OH excluding ortho intramolecular Hbond substituents is 1. The van der Waals surface area contributed by atoms with Crippen molar-refractivity contribution in [1.29, 1.82) is 0 Å². The highest BCUT2D eigenvalue weighted by atomic mass is 35.5. The fourth-order valence-electron chi connectivity index (χ4n) is 3.42. The van der Waals surface area contributed by atoms with Gasteiger partial charge in [0.1, 0.15) is 23.9 Å². The van der Waals surface area contributed by atoms with Gasteiger partial charge in [0.25, 0.3) is 5.91 Å². The Balaban J connectivity index is 1.41. The second-order valence-electron chi connectivity index (χ2n) is 7.04. The van der Waals surface area contributed by atoms with Crippen molar-refractivity contribution in [3.8, 4) is 11.5 Å². The Morgan fingerprint density at radius 3 is 2.53 bits per heavy atom. The molecule has 7 heteroatoms. The number of anilines is 1. The highest BCUT2D eigenvalue weighted by molar-refractivity contribution is 6.32. The molecular weight excluding hydrogens is 402 g/mol. The zero-order valence-corrected chi connectivity index (χ0v) is 17.1. The Morgan fingerprint density at radius 2 is 1.80 bits per heavy atom. The Kier molecular flexibility index (Phi) is 6.05. The lowest BCUT2D eigenvalue weighted by molar-refractivity contribution is 0.0743. The van der Waals surface area contributed by atoms with Gasteiger partial charge in [-0.1, -0.05) is 41.9 Å². The van der Waals surface area contributed by atoms with E-state index in [4.69, 9.17) is 16.3 Å². The number of carbonyl (C=O) groups excluding carboxylic acids is 1. The SMILES string of the molecule is O=C(c1cc(OCc2ccccc2)ccc1O)N1CCN(c2ncccc2Cl)CC1. The van der Waals surface area contributed by atoms with Gasteiger partial charge in [-0.25, -0.2) is 4.98 Å². The second-order valence-corrected chi connectivity index (χ2v) is 7.45. The quantitative estimate of drug-likeness (QED) is 0.672. The van der Waals surface area contributed by atoms with E-state index in [1.54, 1.807) is 35.4 Å². The molecule has 1 N–H and O–H groups in total. The van der Waals surface area contributed by atoms with E-state index in [1.807, 2.05) is 30.3 Å². The molecule has 6 nitrogen and oxygen atoms in total. The lowest BCUT2D eigenvalue weighted by Crippen LogP contribution is -2.49. The summed E-state index contributed by atoms with van der Waals surface area (Å²) in [6.45, 7) is 2.66. The number of aromatic hydroxyl groups is 1. The van der Waals surface area contributed by atoms with E-state index in [-0.39, 0.29) is 17.2 Å². The molecule has 1 aromatic heterocycles. The monoisotopic (exact) mass is 423 g/mol. The number of halogens is 1. The summed E-state index contributed by atoms with van der Waals surface area (Å²) in [7, 11) is 0. The minimum absolute atomic E-state index is 0.0535. The summed E-state index contributed by atoms with van der Waals surface area (Å²) in [4.78, 5) is 21.1. The summed E-state index contributed by atoms with van der Waals surface area (Å²) >= 11 is 6.23. The van der Waals surface area contributed by atoms with Crippen molar-refractivity contribution >= 4 is 23.3 Å². The molecule has 2 heterocycles. The Bertz CT molecular complexity index is 1020. The molecule has 0 saturated carbocycles. The largest absolute Gasteiger partial charge is 0.507 e. The zero-order chi connectivity index (χ0) is 20.9. The maximum Gasteiger partial charge on any atom is 0.257 e. The number of phenols is 1. The summed E-state index contributed by atoms with van der Waals surface area (Å²) in [5.41, 5.74) is 1.27. The number of aromatic nitrogens is 1. The standard InChI is InChI=1S/C23H22ClN3O3/c24-20-7-4-10-25-22(20)26-11-13-27(14-12-26)23(29)19-15-18(8-9-21(19)28)30-16-17-5-2-1-3-6-17/h1-10,15,28H,11-14,16H2. The van der Waals surface area contributed by atoms with Crippen molar-refractivity contribution in [3.05, 3.63) is 83.0 Å². The molecule has 30 heavy (non-hydrogen) atoms. The van der Waals surface area contributed by atoms with Gasteiger partial charge in [-0.3, -0.25) is 4.79 Å². The van der Waals surface area contributed by atoms with Crippen molar-refractivity contribution in [2.45, 2.75) is 6.61 Å². The van der Waals surface area contributed by atoms with Crippen molar-refractivity contribution in [1.82, 2.24) is 9.88 Å². The van der Waals surface area contributed by atoms with Crippen LogP contribution in [0.5, 0.6) is 11.5 Å². The minimum Gasteiger partial charge on any atom is -0.507 e. The average molecular weight is 424 g/mol. The third kappa shape index (κ3) is 4.49. The average Bonchev–Trinajstić information content (AvgIpc) is 2.79. The third-order valence-electron chi connectivity index (χ3n) is 5.05. The molecule has 1 fully saturated rings. The smallest absolute Gasteiger partial charge is 0.257 e. The highest BCUT2D eigenvalue weighted by Gasteiger charge is 2.25. The molecule has 4 rings (SSSR count). The van der Waals surface area contributed by atoms with Crippen molar-refractivity contribution < 1.29 is 14.6 Å². The third-order valence-corrected chi connectivity index (χ3v) is 5.35. The second kappa shape index (κ2) is 9.05. The van der Waals surface area contributed by atoms with E-state index in [2.05, 4.69) is 9.88 Å². The molecule has 154 valence electrons. The number of amides is 1. The fourth-order valence-corrected chi connectivity index (χ4v) is 3.66. The molecule has 1 aliphatic heterocycles. The molecule has 1 amide bonds. The number of hydrogen-bond donors (Lipinski definition) is 1. The predicted molar refractivity (Wildman–Crippen MR) is 116 cm³/mol. The molecular formula is C23H22ClN3O3. The number of rotatable bonds is 5. The van der Waals surface area contributed by atoms with Crippen LogP contribution in [-0.2, 0) is 6.61 Å². The van der Waals surface area contributed by atoms with Crippen LogP contribution >= 0.6 is 11.6 Å². The minimum atomic E-state index is -0.218. The summed E-state index contributed by atoms with van der Waals surface area (Å²) in [5.74, 6) is 0.996. The first-order valence-corrected chi connectivity index (χ1v) is 10.1. The lowest BCUT2D eigenvalue weighted by Gasteiger charge is -2.35. The molecule has 0 atom stereocenters. The summed E-state index contributed by atoms with van der Waals surface area (Å²) in [6.07, 6.45) is 1.71. The molecule has 0 spiro atoms. The molecule has 3 aromatic rings. The Labute approximate surface area is 180 Å². The summed E-state index contributed by atoms with van der Waals surface area (Å²) in [5, 5.41) is 10.8. The topological polar surface area (TPSA) is 65.9 Å². The van der Waals surface area contributed by atoms with Gasteiger partial charge in [-0.05, 0) is 35.9 Å². The van der Waals surface area contributed by atoms with Crippen molar-refractivity contribution in [2.24, 2.45) is 0 Å². The zero-order valence-electron chi connectivity index (χ0n) is 16.4. The van der Waals surface area contributed by atoms with Crippen molar-refractivity contribution in [3.63, 3.8) is 0 Å². The highest BCUT2D eigenvalue weighted by Crippen LogP contribution is 2.27. The molecule has 0 radical (unpaired) electrons. The number of hydrogen-bond acceptors (Lipinski definition) is 5. The van der Waals surface area contributed by atoms with Crippen LogP contribution in [0.4, 0.5) is 5.82 Å². The van der Waals surface area contributed by atoms with Crippen LogP contribution in [0, 0.1) is 0 Å². The van der Waals surface area contributed by atoms with Crippen LogP contribution in [0.1, 0.15) is 15.9 Å². The Morgan fingerprint density at radius 1 is 1.03 bits per heavy atom. The molecule has 0 unspecified atom stereocenters. The van der Waals surface area contributed by atoms with Crippen LogP contribution in [0.25, 0.3) is 0 Å². The molecule has 2 aromatic carbocycles. The molecule has 1 aliphatic rings. The van der Waals surface area contributed by atoms with E-state index in [0.717, 1.165) is 11.4 Å². The number of piperazine rings is 1. The van der Waals surface area contributed by atoms with Gasteiger partial charge in [-0.2, -0.15) is 0 Å². The first-order valence-electron chi connectivity index (χ1n) is 9.76. The van der Waals surface area contributed by atoms with Crippen LogP contribution in [0.3, 0.4) is 0 Å². The number of carbonyl (C=O) groups is 1. The first-order chi connectivity index (χ1) is 14.6. The molecule has 1 saturated heterocycles. The van der Waals surface area contributed by atoms with Gasteiger partial charge in [0.05, 0.1) is 10.6 Å². The van der Waals surface area contributed by atoms with E-state index in [0.29, 0.717) is 43.6 Å². The maximum absolute atomic E-state index is 13.0. The number of nitrogens with zero attached hydrogens (tertiary/aromatic N) is 3. The van der Waals surface area contributed by atoms with E-state index in [1.165, 1.54) is 6.07 Å². The van der Waals surface area contributed by atoms with Crippen LogP contribution in [-0.4, -0.2) is 47.1 Å². The summed E-state index contributed by atoms with van der Waals surface area (Å²) < 4.78 is 5.80. The van der Waals surface area contributed by atoms with E-state index < -0.39 is 0 Å². The van der Waals surface area contributed by atoms with Crippen LogP contribution in [0.2, 0.25) is 5.02 Å². The van der Waals surface area contributed by atoms with E-state index >= 15 is 0 Å². The van der Waals surface area contributed by atoms with Gasteiger partial charge >= 0.3 is 0 Å². The normalized spacial score (nSPS) is 13.9. The van der Waals surface area contributed by atoms with Crippen molar-refractivity contribution in [2.75, 3.05) is 31.1 Å². The van der Waals surface area contributed by atoms with E-state index in [9.17, 15) is 9.90 Å². The Hall–Kier alpha value is -3.25. The van der Waals surface area contributed by atoms with Crippen LogP contribution in [0.15, 0.2) is 66.9 Å². The van der Waals surface area contributed by atoms with Gasteiger partial charge in [0.2, 0.25) is 0 Å². The van der Waals surface area contributed by atoms with Gasteiger partial charge in [0.15, 0.2) is 0 Å². The van der Waals surface area contributed by atoms with Gasteiger partial charge in [0, 0.05) is 32.4 Å². The first kappa shape index (κ1) is 20.0. The predicted octanol–water partition coefficient (Wildman–Crippen LogP) is 3.98. The number of pyridine rings is 1. The lowest BCUT2D eigenvalue weighted by atomic mass is 10.1. The maximum atomic E-state index is 13.0. The molecule has 0 aliphatic carbocycles.